The van der Waals surface area contributed by atoms with Crippen LogP contribution in [0, 0.1) is 20.8 Å². The number of nitrogens with one attached hydrogen (secondary N) is 1. The minimum atomic E-state index is -0.569. The minimum Gasteiger partial charge on any atom is -0.267 e. The van der Waals surface area contributed by atoms with Gasteiger partial charge in [0.2, 0.25) is 0 Å². The molecule has 0 aliphatic rings. The van der Waals surface area contributed by atoms with Crippen LogP contribution in [-0.2, 0) is 6.42 Å². The van der Waals surface area contributed by atoms with Crippen LogP contribution in [0.15, 0.2) is 36.4 Å². The van der Waals surface area contributed by atoms with Crippen LogP contribution in [0.1, 0.15) is 70.7 Å². The normalized spacial score (nSPS) is 11.2. The Kier molecular flexibility index (Phi) is 6.09. The van der Waals surface area contributed by atoms with Gasteiger partial charge < -0.3 is 0 Å². The van der Waals surface area contributed by atoms with Crippen molar-refractivity contribution in [3.05, 3.63) is 69.8 Å². The molecule has 0 aromatic heterocycles. The van der Waals surface area contributed by atoms with E-state index >= 15 is 0 Å². The van der Waals surface area contributed by atoms with E-state index in [1.54, 1.807) is 6.07 Å². The predicted molar refractivity (Wildman–Crippen MR) is 110 cm³/mol. The molecule has 1 N–H and O–H groups in total. The summed E-state index contributed by atoms with van der Waals surface area (Å²) < 4.78 is 0. The van der Waals surface area contributed by atoms with Gasteiger partial charge >= 0.3 is 0 Å². The van der Waals surface area contributed by atoms with Crippen molar-refractivity contribution in [3.8, 4) is 0 Å². The molecule has 0 aliphatic heterocycles. The van der Waals surface area contributed by atoms with Gasteiger partial charge in [-0.15, -0.1) is 0 Å². The monoisotopic (exact) mass is 366 g/mol. The van der Waals surface area contributed by atoms with Crippen molar-refractivity contribution in [2.75, 3.05) is 0 Å². The SMILES string of the molecule is CCc1cccc(C(=O)NN(C(=O)c2cc(C)cc(C)c2)C(C)(C)C)c1C. The standard InChI is InChI=1S/C23H30N2O2/c1-8-18-10-9-11-20(17(18)4)21(26)24-25(23(5,6)7)22(27)19-13-15(2)12-16(3)14-19/h9-14H,8H2,1-7H3,(H,24,26). The van der Waals surface area contributed by atoms with Gasteiger partial charge in [-0.25, -0.2) is 5.01 Å². The highest BCUT2D eigenvalue weighted by molar-refractivity contribution is 6.00. The topological polar surface area (TPSA) is 49.4 Å². The fourth-order valence-corrected chi connectivity index (χ4v) is 3.22. The van der Waals surface area contributed by atoms with Crippen molar-refractivity contribution in [1.29, 1.82) is 0 Å². The van der Waals surface area contributed by atoms with Crippen molar-refractivity contribution >= 4 is 11.8 Å². The average molecular weight is 367 g/mol. The highest BCUT2D eigenvalue weighted by Gasteiger charge is 2.30. The summed E-state index contributed by atoms with van der Waals surface area (Å²) in [7, 11) is 0. The van der Waals surface area contributed by atoms with Crippen LogP contribution in [0.25, 0.3) is 0 Å². The number of amides is 2. The Bertz CT molecular complexity index is 843. The Morgan fingerprint density at radius 1 is 1.00 bits per heavy atom. The van der Waals surface area contributed by atoms with Gasteiger partial charge in [0.15, 0.2) is 0 Å². The lowest BCUT2D eigenvalue weighted by atomic mass is 10.00. The van der Waals surface area contributed by atoms with E-state index in [2.05, 4.69) is 12.3 Å². The first kappa shape index (κ1) is 20.7. The molecule has 0 unspecified atom stereocenters. The smallest absolute Gasteiger partial charge is 0.267 e. The summed E-state index contributed by atoms with van der Waals surface area (Å²) in [5.74, 6) is -0.484. The molecule has 2 amide bonds. The van der Waals surface area contributed by atoms with Gasteiger partial charge in [0.1, 0.15) is 0 Å². The van der Waals surface area contributed by atoms with Crippen molar-refractivity contribution < 1.29 is 9.59 Å². The van der Waals surface area contributed by atoms with E-state index in [0.29, 0.717) is 11.1 Å². The number of benzene rings is 2. The molecular formula is C23H30N2O2. The number of nitrogens with zero attached hydrogens (tertiary/aromatic N) is 1. The molecule has 0 saturated carbocycles. The van der Waals surface area contributed by atoms with Crippen LogP contribution in [0.3, 0.4) is 0 Å². The lowest BCUT2D eigenvalue weighted by molar-refractivity contribution is 0.0358. The minimum absolute atomic E-state index is 0.216. The molecule has 0 spiro atoms. The van der Waals surface area contributed by atoms with Crippen LogP contribution < -0.4 is 5.43 Å². The van der Waals surface area contributed by atoms with Crippen LogP contribution >= 0.6 is 0 Å². The number of rotatable bonds is 3. The molecule has 27 heavy (non-hydrogen) atoms. The molecule has 4 heteroatoms. The summed E-state index contributed by atoms with van der Waals surface area (Å²) in [6.45, 7) is 13.7. The van der Waals surface area contributed by atoms with E-state index in [-0.39, 0.29) is 11.8 Å². The summed E-state index contributed by atoms with van der Waals surface area (Å²) in [5, 5.41) is 1.43. The van der Waals surface area contributed by atoms with Crippen LogP contribution in [0.5, 0.6) is 0 Å². The van der Waals surface area contributed by atoms with Gasteiger partial charge in [-0.05, 0) is 77.3 Å². The molecule has 144 valence electrons. The van der Waals surface area contributed by atoms with Crippen molar-refractivity contribution in [2.24, 2.45) is 0 Å². The Morgan fingerprint density at radius 2 is 1.59 bits per heavy atom. The molecule has 2 aromatic rings. The van der Waals surface area contributed by atoms with Crippen molar-refractivity contribution in [1.82, 2.24) is 10.4 Å². The lowest BCUT2D eigenvalue weighted by Gasteiger charge is -2.35. The van der Waals surface area contributed by atoms with Crippen LogP contribution in [-0.4, -0.2) is 22.4 Å². The summed E-state index contributed by atoms with van der Waals surface area (Å²) in [6.07, 6.45) is 0.859. The molecule has 0 heterocycles. The van der Waals surface area contributed by atoms with E-state index < -0.39 is 5.54 Å². The predicted octanol–water partition coefficient (Wildman–Crippen LogP) is 4.76. The molecule has 0 saturated heterocycles. The van der Waals surface area contributed by atoms with E-state index in [1.807, 2.05) is 71.9 Å². The van der Waals surface area contributed by atoms with E-state index in [9.17, 15) is 9.59 Å². The fourth-order valence-electron chi connectivity index (χ4n) is 3.22. The van der Waals surface area contributed by atoms with Crippen molar-refractivity contribution in [3.63, 3.8) is 0 Å². The van der Waals surface area contributed by atoms with Gasteiger partial charge in [-0.2, -0.15) is 0 Å². The first-order valence-corrected chi connectivity index (χ1v) is 9.37. The highest BCUT2D eigenvalue weighted by Crippen LogP contribution is 2.19. The summed E-state index contributed by atoms with van der Waals surface area (Å²) in [4.78, 5) is 26.1. The summed E-state index contributed by atoms with van der Waals surface area (Å²) >= 11 is 0. The summed E-state index contributed by atoms with van der Waals surface area (Å²) in [5.41, 5.74) is 7.56. The van der Waals surface area contributed by atoms with E-state index in [1.165, 1.54) is 5.01 Å². The van der Waals surface area contributed by atoms with E-state index in [4.69, 9.17) is 0 Å². The number of carbonyl (C=O) groups is 2. The second kappa shape index (κ2) is 7.95. The van der Waals surface area contributed by atoms with Gasteiger partial charge in [0, 0.05) is 11.1 Å². The van der Waals surface area contributed by atoms with Crippen LogP contribution in [0.4, 0.5) is 0 Å². The summed E-state index contributed by atoms with van der Waals surface area (Å²) in [6, 6.07) is 11.4. The van der Waals surface area contributed by atoms with E-state index in [0.717, 1.165) is 28.7 Å². The second-order valence-electron chi connectivity index (χ2n) is 8.07. The molecule has 0 aliphatic carbocycles. The first-order chi connectivity index (χ1) is 12.5. The third-order valence-corrected chi connectivity index (χ3v) is 4.63. The molecule has 2 rings (SSSR count). The largest absolute Gasteiger partial charge is 0.272 e. The molecule has 2 aromatic carbocycles. The number of aryl methyl sites for hydroxylation is 3. The third-order valence-electron chi connectivity index (χ3n) is 4.63. The quantitative estimate of drug-likeness (QED) is 0.796. The molecule has 0 fully saturated rings. The molecule has 0 radical (unpaired) electrons. The fraction of sp³-hybridized carbons (Fsp3) is 0.391. The second-order valence-corrected chi connectivity index (χ2v) is 8.07. The maximum atomic E-state index is 13.2. The zero-order valence-corrected chi connectivity index (χ0v) is 17.4. The van der Waals surface area contributed by atoms with Gasteiger partial charge in [0.05, 0.1) is 5.54 Å². The Balaban J connectivity index is 2.38. The number of hydrazine groups is 1. The van der Waals surface area contributed by atoms with Crippen LogP contribution in [0.2, 0.25) is 0 Å². The maximum Gasteiger partial charge on any atom is 0.272 e. The average Bonchev–Trinajstić information content (AvgIpc) is 2.57. The van der Waals surface area contributed by atoms with Gasteiger partial charge in [-0.3, -0.25) is 15.0 Å². The molecular weight excluding hydrogens is 336 g/mol. The Hall–Kier alpha value is -2.62. The molecule has 0 bridgehead atoms. The van der Waals surface area contributed by atoms with Gasteiger partial charge in [-0.1, -0.05) is 36.2 Å². The van der Waals surface area contributed by atoms with Crippen molar-refractivity contribution in [2.45, 2.75) is 60.4 Å². The first-order valence-electron chi connectivity index (χ1n) is 9.37. The molecule has 4 nitrogen and oxygen atoms in total. The highest BCUT2D eigenvalue weighted by atomic mass is 16.2. The number of hydrogen-bond acceptors (Lipinski definition) is 2. The lowest BCUT2D eigenvalue weighted by Crippen LogP contribution is -2.56. The Labute approximate surface area is 162 Å². The maximum absolute atomic E-state index is 13.2. The molecule has 0 atom stereocenters. The zero-order chi connectivity index (χ0) is 20.4. The van der Waals surface area contributed by atoms with Gasteiger partial charge in [0.25, 0.3) is 11.8 Å². The number of carbonyl (C=O) groups excluding carboxylic acids is 2. The Morgan fingerprint density at radius 3 is 2.11 bits per heavy atom. The third kappa shape index (κ3) is 4.76. The zero-order valence-electron chi connectivity index (χ0n) is 17.4. The number of hydrogen-bond donors (Lipinski definition) is 1.